The second kappa shape index (κ2) is 4.77. The van der Waals surface area contributed by atoms with E-state index < -0.39 is 0 Å². The van der Waals surface area contributed by atoms with Crippen LogP contribution in [0, 0.1) is 0 Å². The number of allylic oxidation sites excluding steroid dienone is 1. The summed E-state index contributed by atoms with van der Waals surface area (Å²) < 4.78 is 5.16. The largest absolute Gasteiger partial charge is 0.486 e. The van der Waals surface area contributed by atoms with E-state index in [1.165, 1.54) is 0 Å². The van der Waals surface area contributed by atoms with Gasteiger partial charge < -0.3 is 9.64 Å². The third kappa shape index (κ3) is 5.45. The van der Waals surface area contributed by atoms with Crippen molar-refractivity contribution in [3.8, 4) is 0 Å². The number of nitrogens with zero attached hydrogens (tertiary/aromatic N) is 1. The molecule has 0 aliphatic carbocycles. The lowest BCUT2D eigenvalue weighted by Gasteiger charge is -2.11. The van der Waals surface area contributed by atoms with Crippen LogP contribution in [0.15, 0.2) is 12.0 Å². The minimum atomic E-state index is 0.0476. The van der Waals surface area contributed by atoms with Gasteiger partial charge in [0, 0.05) is 20.3 Å². The van der Waals surface area contributed by atoms with E-state index in [1.807, 2.05) is 27.9 Å². The second-order valence-corrected chi connectivity index (χ2v) is 2.78. The van der Waals surface area contributed by atoms with E-state index in [2.05, 4.69) is 0 Å². The minimum absolute atomic E-state index is 0.0476. The van der Waals surface area contributed by atoms with Crippen LogP contribution in [-0.2, 0) is 9.53 Å². The number of carbonyl (C=O) groups excluding carboxylic acids is 1. The molecule has 0 fully saturated rings. The molecule has 0 heterocycles. The van der Waals surface area contributed by atoms with Crippen LogP contribution in [0.25, 0.3) is 0 Å². The first-order chi connectivity index (χ1) is 5.06. The topological polar surface area (TPSA) is 29.5 Å². The summed E-state index contributed by atoms with van der Waals surface area (Å²) in [4.78, 5) is 12.1. The van der Waals surface area contributed by atoms with Gasteiger partial charge in [-0.15, -0.1) is 0 Å². The van der Waals surface area contributed by atoms with Crippen molar-refractivity contribution in [1.29, 1.82) is 0 Å². The Hall–Kier alpha value is -0.990. The van der Waals surface area contributed by atoms with Gasteiger partial charge >= 0.3 is 0 Å². The van der Waals surface area contributed by atoms with Crippen molar-refractivity contribution in [2.24, 2.45) is 0 Å². The molecule has 0 atom stereocenters. The van der Waals surface area contributed by atoms with E-state index >= 15 is 0 Å². The van der Waals surface area contributed by atoms with Gasteiger partial charge in [0.25, 0.3) is 0 Å². The fraction of sp³-hybridized carbons (Fsp3) is 0.625. The average Bonchev–Trinajstić information content (AvgIpc) is 1.84. The highest BCUT2D eigenvalue weighted by atomic mass is 16.5. The molecule has 0 amide bonds. The third-order valence-corrected chi connectivity index (χ3v) is 0.873. The van der Waals surface area contributed by atoms with Gasteiger partial charge in [0.2, 0.25) is 0 Å². The van der Waals surface area contributed by atoms with E-state index in [0.717, 1.165) is 0 Å². The van der Waals surface area contributed by atoms with Gasteiger partial charge in [-0.1, -0.05) is 0 Å². The van der Waals surface area contributed by atoms with Crippen molar-refractivity contribution in [3.63, 3.8) is 0 Å². The molecule has 0 saturated heterocycles. The summed E-state index contributed by atoms with van der Waals surface area (Å²) in [5.41, 5.74) is 0. The Bertz CT molecular complexity index is 150. The summed E-state index contributed by atoms with van der Waals surface area (Å²) in [6, 6.07) is 0. The monoisotopic (exact) mass is 157 g/mol. The fourth-order valence-electron chi connectivity index (χ4n) is 0.615. The number of carbonyl (C=O) groups is 1. The van der Waals surface area contributed by atoms with Gasteiger partial charge in [0.15, 0.2) is 12.0 Å². The molecule has 64 valence electrons. The molecule has 3 nitrogen and oxygen atoms in total. The highest BCUT2D eigenvalue weighted by molar-refractivity contribution is 5.69. The maximum absolute atomic E-state index is 10.4. The fourth-order valence-corrected chi connectivity index (χ4v) is 0.615. The van der Waals surface area contributed by atoms with Crippen molar-refractivity contribution >= 4 is 6.29 Å². The zero-order valence-corrected chi connectivity index (χ0v) is 7.50. The molecule has 0 rings (SSSR count). The van der Waals surface area contributed by atoms with Crippen molar-refractivity contribution in [1.82, 2.24) is 4.90 Å². The van der Waals surface area contributed by atoms with E-state index in [-0.39, 0.29) is 6.10 Å². The molecule has 0 aliphatic rings. The average molecular weight is 157 g/mol. The van der Waals surface area contributed by atoms with Crippen molar-refractivity contribution in [3.05, 3.63) is 12.0 Å². The summed E-state index contributed by atoms with van der Waals surface area (Å²) in [6.45, 7) is 3.76. The van der Waals surface area contributed by atoms with Crippen molar-refractivity contribution in [2.45, 2.75) is 20.0 Å². The van der Waals surface area contributed by atoms with Gasteiger partial charge in [-0.25, -0.2) is 0 Å². The summed E-state index contributed by atoms with van der Waals surface area (Å²) in [5.74, 6) is 0.366. The predicted molar refractivity (Wildman–Crippen MR) is 44.1 cm³/mol. The van der Waals surface area contributed by atoms with E-state index in [9.17, 15) is 4.79 Å². The van der Waals surface area contributed by atoms with Crippen molar-refractivity contribution in [2.75, 3.05) is 14.1 Å². The maximum atomic E-state index is 10.4. The quantitative estimate of drug-likeness (QED) is 0.346. The van der Waals surface area contributed by atoms with Gasteiger partial charge in [0.1, 0.15) is 0 Å². The normalized spacial score (nSPS) is 11.5. The third-order valence-electron chi connectivity index (χ3n) is 0.873. The van der Waals surface area contributed by atoms with Crippen LogP contribution >= 0.6 is 0 Å². The molecule has 3 heteroatoms. The number of hydrogen-bond donors (Lipinski definition) is 0. The van der Waals surface area contributed by atoms with E-state index in [0.29, 0.717) is 12.0 Å². The highest BCUT2D eigenvalue weighted by Crippen LogP contribution is 1.99. The van der Waals surface area contributed by atoms with Gasteiger partial charge in [-0.3, -0.25) is 4.79 Å². The molecule has 0 unspecified atom stereocenters. The van der Waals surface area contributed by atoms with Crippen LogP contribution in [0.1, 0.15) is 13.8 Å². The molecular weight excluding hydrogens is 142 g/mol. The molecule has 11 heavy (non-hydrogen) atoms. The lowest BCUT2D eigenvalue weighted by Crippen LogP contribution is -2.09. The van der Waals surface area contributed by atoms with E-state index in [1.54, 1.807) is 11.1 Å². The molecule has 0 N–H and O–H groups in total. The Morgan fingerprint density at radius 3 is 2.27 bits per heavy atom. The standard InChI is InChI=1S/C8H15NO2/c1-7(2)11-8(6-10)5-9(3)4/h5-7H,1-4H3. The molecule has 0 aliphatic heterocycles. The van der Waals surface area contributed by atoms with Crippen LogP contribution in [0.2, 0.25) is 0 Å². The molecule has 0 bridgehead atoms. The Balaban J connectivity index is 4.05. The smallest absolute Gasteiger partial charge is 0.186 e. The highest BCUT2D eigenvalue weighted by Gasteiger charge is 1.98. The second-order valence-electron chi connectivity index (χ2n) is 2.78. The molecule has 0 radical (unpaired) electrons. The zero-order chi connectivity index (χ0) is 8.85. The van der Waals surface area contributed by atoms with Gasteiger partial charge in [-0.2, -0.15) is 0 Å². The minimum Gasteiger partial charge on any atom is -0.486 e. The lowest BCUT2D eigenvalue weighted by atomic mass is 10.4. The summed E-state index contributed by atoms with van der Waals surface area (Å²) in [6.07, 6.45) is 2.40. The van der Waals surface area contributed by atoms with Crippen LogP contribution in [0.5, 0.6) is 0 Å². The predicted octanol–water partition coefficient (Wildman–Crippen LogP) is 1.01. The van der Waals surface area contributed by atoms with Crippen LogP contribution in [0.3, 0.4) is 0 Å². The summed E-state index contributed by atoms with van der Waals surface area (Å²) in [5, 5.41) is 0. The number of rotatable bonds is 4. The number of ether oxygens (including phenoxy) is 1. The van der Waals surface area contributed by atoms with Gasteiger partial charge in [0.05, 0.1) is 6.10 Å². The SMILES string of the molecule is CC(C)OC(C=O)=CN(C)C. The number of hydrogen-bond acceptors (Lipinski definition) is 3. The first-order valence-electron chi connectivity index (χ1n) is 3.56. The molecule has 0 aromatic carbocycles. The summed E-state index contributed by atoms with van der Waals surface area (Å²) >= 11 is 0. The van der Waals surface area contributed by atoms with Gasteiger partial charge in [-0.05, 0) is 13.8 Å². The molecule has 0 spiro atoms. The van der Waals surface area contributed by atoms with Crippen LogP contribution in [-0.4, -0.2) is 31.4 Å². The van der Waals surface area contributed by atoms with Crippen molar-refractivity contribution < 1.29 is 9.53 Å². The summed E-state index contributed by atoms with van der Waals surface area (Å²) in [7, 11) is 3.68. The Labute approximate surface area is 67.6 Å². The first kappa shape index (κ1) is 10.0. The Morgan fingerprint density at radius 1 is 1.45 bits per heavy atom. The first-order valence-corrected chi connectivity index (χ1v) is 3.56. The zero-order valence-electron chi connectivity index (χ0n) is 7.50. The number of aldehydes is 1. The lowest BCUT2D eigenvalue weighted by molar-refractivity contribution is -0.108. The molecule has 0 aromatic heterocycles. The Kier molecular flexibility index (Phi) is 4.34. The molecule has 0 saturated carbocycles. The van der Waals surface area contributed by atoms with Crippen LogP contribution < -0.4 is 0 Å². The Morgan fingerprint density at radius 2 is 2.00 bits per heavy atom. The van der Waals surface area contributed by atoms with Crippen LogP contribution in [0.4, 0.5) is 0 Å². The maximum Gasteiger partial charge on any atom is 0.186 e. The molecular formula is C8H15NO2. The van der Waals surface area contributed by atoms with E-state index in [4.69, 9.17) is 4.74 Å². The molecule has 0 aromatic rings.